The highest BCUT2D eigenvalue weighted by atomic mass is 19.1. The van der Waals surface area contributed by atoms with E-state index in [1.54, 1.807) is 6.07 Å². The SMILES string of the molecule is O=C(NC12CC3CC(CC(C3)C1)C2)c1ccnc(F)c1. The molecule has 4 aliphatic rings. The van der Waals surface area contributed by atoms with Crippen LogP contribution in [0.1, 0.15) is 48.9 Å². The Kier molecular flexibility index (Phi) is 2.63. The molecule has 1 aromatic rings. The van der Waals surface area contributed by atoms with Gasteiger partial charge in [-0.3, -0.25) is 4.79 Å². The summed E-state index contributed by atoms with van der Waals surface area (Å²) in [6.07, 6.45) is 8.72. The molecule has 0 spiro atoms. The quantitative estimate of drug-likeness (QED) is 0.843. The minimum atomic E-state index is -0.594. The average Bonchev–Trinajstić information content (AvgIpc) is 2.36. The summed E-state index contributed by atoms with van der Waals surface area (Å²) in [6, 6.07) is 2.80. The summed E-state index contributed by atoms with van der Waals surface area (Å²) < 4.78 is 13.1. The molecule has 1 heterocycles. The minimum absolute atomic E-state index is 0.0222. The Labute approximate surface area is 118 Å². The van der Waals surface area contributed by atoms with E-state index in [0.717, 1.165) is 37.0 Å². The van der Waals surface area contributed by atoms with Gasteiger partial charge in [0.2, 0.25) is 5.95 Å². The molecule has 0 saturated heterocycles. The van der Waals surface area contributed by atoms with Crippen molar-refractivity contribution >= 4 is 5.91 Å². The summed E-state index contributed by atoms with van der Waals surface area (Å²) in [5, 5.41) is 3.23. The van der Waals surface area contributed by atoms with Gasteiger partial charge in [0.1, 0.15) is 0 Å². The number of rotatable bonds is 2. The van der Waals surface area contributed by atoms with Gasteiger partial charge in [0.05, 0.1) is 0 Å². The van der Waals surface area contributed by atoms with Crippen LogP contribution in [0.5, 0.6) is 0 Å². The van der Waals surface area contributed by atoms with Crippen molar-refractivity contribution in [2.75, 3.05) is 0 Å². The van der Waals surface area contributed by atoms with Gasteiger partial charge in [0, 0.05) is 23.4 Å². The lowest BCUT2D eigenvalue weighted by Gasteiger charge is -2.56. The predicted molar refractivity (Wildman–Crippen MR) is 72.6 cm³/mol. The third-order valence-corrected chi connectivity index (χ3v) is 5.41. The smallest absolute Gasteiger partial charge is 0.251 e. The number of nitrogens with one attached hydrogen (secondary N) is 1. The topological polar surface area (TPSA) is 42.0 Å². The van der Waals surface area contributed by atoms with Crippen LogP contribution in [0.4, 0.5) is 4.39 Å². The fraction of sp³-hybridized carbons (Fsp3) is 0.625. The second-order valence-corrected chi connectivity index (χ2v) is 7.02. The predicted octanol–water partition coefficient (Wildman–Crippen LogP) is 2.92. The minimum Gasteiger partial charge on any atom is -0.347 e. The first-order chi connectivity index (χ1) is 9.62. The monoisotopic (exact) mass is 274 g/mol. The Morgan fingerprint density at radius 2 is 1.80 bits per heavy atom. The molecule has 4 bridgehead atoms. The zero-order valence-corrected chi connectivity index (χ0v) is 11.4. The van der Waals surface area contributed by atoms with E-state index in [2.05, 4.69) is 10.3 Å². The first kappa shape index (κ1) is 12.3. The van der Waals surface area contributed by atoms with Gasteiger partial charge in [-0.1, -0.05) is 0 Å². The van der Waals surface area contributed by atoms with Gasteiger partial charge >= 0.3 is 0 Å². The molecular formula is C16H19FN2O. The summed E-state index contributed by atoms with van der Waals surface area (Å²) in [5.74, 6) is 1.62. The zero-order valence-electron chi connectivity index (χ0n) is 11.4. The van der Waals surface area contributed by atoms with Gasteiger partial charge in [0.25, 0.3) is 5.91 Å². The summed E-state index contributed by atoms with van der Waals surface area (Å²) in [6.45, 7) is 0. The largest absolute Gasteiger partial charge is 0.347 e. The van der Waals surface area contributed by atoms with E-state index in [9.17, 15) is 9.18 Å². The van der Waals surface area contributed by atoms with Crippen molar-refractivity contribution in [3.05, 3.63) is 29.8 Å². The number of hydrogen-bond acceptors (Lipinski definition) is 2. The first-order valence-corrected chi connectivity index (χ1v) is 7.56. The maximum atomic E-state index is 13.1. The van der Waals surface area contributed by atoms with Crippen molar-refractivity contribution in [3.8, 4) is 0 Å². The molecule has 4 fully saturated rings. The molecule has 4 heteroatoms. The zero-order chi connectivity index (χ0) is 13.7. The summed E-state index contributed by atoms with van der Waals surface area (Å²) in [7, 11) is 0. The highest BCUT2D eigenvalue weighted by molar-refractivity contribution is 5.94. The molecule has 0 radical (unpaired) electrons. The molecule has 1 amide bonds. The van der Waals surface area contributed by atoms with Crippen LogP contribution < -0.4 is 5.32 Å². The highest BCUT2D eigenvalue weighted by Crippen LogP contribution is 2.55. The van der Waals surface area contributed by atoms with Crippen molar-refractivity contribution < 1.29 is 9.18 Å². The maximum Gasteiger partial charge on any atom is 0.251 e. The van der Waals surface area contributed by atoms with Crippen molar-refractivity contribution in [1.82, 2.24) is 10.3 Å². The number of aromatic nitrogens is 1. The maximum absolute atomic E-state index is 13.1. The van der Waals surface area contributed by atoms with Gasteiger partial charge in [-0.15, -0.1) is 0 Å². The second-order valence-electron chi connectivity index (χ2n) is 7.02. The molecule has 106 valence electrons. The Balaban J connectivity index is 1.55. The Morgan fingerprint density at radius 1 is 1.20 bits per heavy atom. The molecule has 20 heavy (non-hydrogen) atoms. The van der Waals surface area contributed by atoms with Crippen molar-refractivity contribution in [2.24, 2.45) is 17.8 Å². The van der Waals surface area contributed by atoms with Crippen LogP contribution in [-0.4, -0.2) is 16.4 Å². The van der Waals surface area contributed by atoms with Crippen LogP contribution in [0.3, 0.4) is 0 Å². The van der Waals surface area contributed by atoms with Crippen molar-refractivity contribution in [2.45, 2.75) is 44.1 Å². The summed E-state index contributed by atoms with van der Waals surface area (Å²) >= 11 is 0. The number of carbonyl (C=O) groups excluding carboxylic acids is 1. The van der Waals surface area contributed by atoms with Crippen molar-refractivity contribution in [1.29, 1.82) is 0 Å². The van der Waals surface area contributed by atoms with Gasteiger partial charge in [-0.05, 0) is 62.3 Å². The van der Waals surface area contributed by atoms with E-state index in [0.29, 0.717) is 5.56 Å². The molecule has 0 atom stereocenters. The van der Waals surface area contributed by atoms with Crippen LogP contribution in [-0.2, 0) is 0 Å². The molecule has 4 saturated carbocycles. The van der Waals surface area contributed by atoms with E-state index in [-0.39, 0.29) is 11.4 Å². The molecule has 5 rings (SSSR count). The normalized spacial score (nSPS) is 38.0. The average molecular weight is 274 g/mol. The van der Waals surface area contributed by atoms with E-state index < -0.39 is 5.95 Å². The molecule has 1 N–H and O–H groups in total. The number of halogens is 1. The lowest BCUT2D eigenvalue weighted by molar-refractivity contribution is -0.0167. The van der Waals surface area contributed by atoms with E-state index in [1.165, 1.54) is 31.5 Å². The van der Waals surface area contributed by atoms with Crippen LogP contribution in [0, 0.1) is 23.7 Å². The van der Waals surface area contributed by atoms with Gasteiger partial charge in [0.15, 0.2) is 0 Å². The highest BCUT2D eigenvalue weighted by Gasteiger charge is 2.51. The molecular weight excluding hydrogens is 255 g/mol. The van der Waals surface area contributed by atoms with Crippen LogP contribution >= 0.6 is 0 Å². The van der Waals surface area contributed by atoms with Crippen LogP contribution in [0.2, 0.25) is 0 Å². The van der Waals surface area contributed by atoms with Gasteiger partial charge in [-0.2, -0.15) is 4.39 Å². The summed E-state index contributed by atoms with van der Waals surface area (Å²) in [4.78, 5) is 15.9. The number of hydrogen-bond donors (Lipinski definition) is 1. The van der Waals surface area contributed by atoms with E-state index >= 15 is 0 Å². The molecule has 1 aromatic heterocycles. The third-order valence-electron chi connectivity index (χ3n) is 5.41. The number of nitrogens with zero attached hydrogens (tertiary/aromatic N) is 1. The van der Waals surface area contributed by atoms with E-state index in [1.807, 2.05) is 0 Å². The molecule has 0 unspecified atom stereocenters. The first-order valence-electron chi connectivity index (χ1n) is 7.56. The standard InChI is InChI=1S/C16H19FN2O/c17-14-6-13(1-2-18-14)15(20)19-16-7-10-3-11(8-16)5-12(4-10)9-16/h1-2,6,10-12H,3-5,7-9H2,(H,19,20). The lowest BCUT2D eigenvalue weighted by atomic mass is 9.53. The third kappa shape index (κ3) is 2.02. The Bertz CT molecular complexity index is 522. The fourth-order valence-electron chi connectivity index (χ4n) is 5.12. The second kappa shape index (κ2) is 4.27. The Morgan fingerprint density at radius 3 is 2.35 bits per heavy atom. The number of carbonyl (C=O) groups is 1. The molecule has 4 aliphatic carbocycles. The molecule has 0 aromatic carbocycles. The number of amides is 1. The summed E-state index contributed by atoms with van der Waals surface area (Å²) in [5.41, 5.74) is 0.360. The van der Waals surface area contributed by atoms with E-state index in [4.69, 9.17) is 0 Å². The number of pyridine rings is 1. The Hall–Kier alpha value is -1.45. The lowest BCUT2D eigenvalue weighted by Crippen LogP contribution is -2.59. The fourth-order valence-corrected chi connectivity index (χ4v) is 5.12. The van der Waals surface area contributed by atoms with Crippen LogP contribution in [0.15, 0.2) is 18.3 Å². The van der Waals surface area contributed by atoms with Gasteiger partial charge < -0.3 is 5.32 Å². The molecule has 3 nitrogen and oxygen atoms in total. The molecule has 0 aliphatic heterocycles. The van der Waals surface area contributed by atoms with Crippen molar-refractivity contribution in [3.63, 3.8) is 0 Å². The van der Waals surface area contributed by atoms with Gasteiger partial charge in [-0.25, -0.2) is 4.98 Å². The van der Waals surface area contributed by atoms with Crippen LogP contribution in [0.25, 0.3) is 0 Å².